The zero-order valence-corrected chi connectivity index (χ0v) is 13.1. The van der Waals surface area contributed by atoms with Gasteiger partial charge in [-0.25, -0.2) is 5.10 Å². The van der Waals surface area contributed by atoms with Gasteiger partial charge in [-0.1, -0.05) is 11.6 Å². The van der Waals surface area contributed by atoms with E-state index in [1.807, 2.05) is 6.07 Å². The molecular formula is C14H15ClN4O3. The van der Waals surface area contributed by atoms with Crippen LogP contribution in [0.25, 0.3) is 0 Å². The largest absolute Gasteiger partial charge is 0.497 e. The van der Waals surface area contributed by atoms with Crippen LogP contribution in [0.5, 0.6) is 11.5 Å². The summed E-state index contributed by atoms with van der Waals surface area (Å²) < 4.78 is 10.5. The second-order valence-corrected chi connectivity index (χ2v) is 4.68. The normalized spacial score (nSPS) is 11.2. The predicted molar refractivity (Wildman–Crippen MR) is 85.2 cm³/mol. The Morgan fingerprint density at radius 2 is 2.14 bits per heavy atom. The van der Waals surface area contributed by atoms with Gasteiger partial charge in [0.1, 0.15) is 22.2 Å². The van der Waals surface area contributed by atoms with Gasteiger partial charge in [-0.05, 0) is 19.1 Å². The molecule has 2 rings (SSSR count). The Hall–Kier alpha value is -2.54. The minimum atomic E-state index is -0.485. The highest BCUT2D eigenvalue weighted by atomic mass is 35.5. The van der Waals surface area contributed by atoms with Crippen LogP contribution >= 0.6 is 11.6 Å². The van der Waals surface area contributed by atoms with Crippen molar-refractivity contribution in [1.29, 1.82) is 0 Å². The van der Waals surface area contributed by atoms with Crippen LogP contribution in [0.2, 0.25) is 5.02 Å². The van der Waals surface area contributed by atoms with E-state index in [-0.39, 0.29) is 5.02 Å². The van der Waals surface area contributed by atoms with E-state index < -0.39 is 5.56 Å². The maximum atomic E-state index is 11.4. The molecule has 0 aliphatic heterocycles. The molecule has 1 aromatic heterocycles. The third-order valence-corrected chi connectivity index (χ3v) is 3.31. The zero-order chi connectivity index (χ0) is 16.1. The minimum absolute atomic E-state index is 0.00625. The van der Waals surface area contributed by atoms with Gasteiger partial charge in [-0.15, -0.1) is 0 Å². The molecule has 116 valence electrons. The fraction of sp³-hybridized carbons (Fsp3) is 0.214. The van der Waals surface area contributed by atoms with Gasteiger partial charge in [0.15, 0.2) is 0 Å². The van der Waals surface area contributed by atoms with Crippen molar-refractivity contribution < 1.29 is 9.47 Å². The first-order valence-electron chi connectivity index (χ1n) is 6.32. The summed E-state index contributed by atoms with van der Waals surface area (Å²) in [5.41, 5.74) is 3.98. The minimum Gasteiger partial charge on any atom is -0.497 e. The number of hydrazone groups is 1. The Kier molecular flexibility index (Phi) is 5.00. The first-order valence-corrected chi connectivity index (χ1v) is 6.70. The number of rotatable bonds is 5. The highest BCUT2D eigenvalue weighted by molar-refractivity contribution is 6.32. The molecule has 2 aromatic rings. The number of aromatic nitrogens is 2. The third-order valence-electron chi connectivity index (χ3n) is 2.94. The van der Waals surface area contributed by atoms with Crippen LogP contribution in [0.4, 0.5) is 5.69 Å². The number of anilines is 1. The summed E-state index contributed by atoms with van der Waals surface area (Å²) in [6.45, 7) is 1.80. The van der Waals surface area contributed by atoms with Gasteiger partial charge < -0.3 is 9.47 Å². The molecule has 0 amide bonds. The summed E-state index contributed by atoms with van der Waals surface area (Å²) in [7, 11) is 3.15. The quantitative estimate of drug-likeness (QED) is 0.651. The van der Waals surface area contributed by atoms with E-state index in [2.05, 4.69) is 20.7 Å². The van der Waals surface area contributed by atoms with E-state index >= 15 is 0 Å². The fourth-order valence-corrected chi connectivity index (χ4v) is 1.90. The lowest BCUT2D eigenvalue weighted by atomic mass is 10.1. The Morgan fingerprint density at radius 1 is 1.36 bits per heavy atom. The van der Waals surface area contributed by atoms with Crippen molar-refractivity contribution in [3.63, 3.8) is 0 Å². The standard InChI is InChI=1S/C14H15ClN4O3/c1-8(10-5-4-9(21-2)6-12(10)22-3)17-18-11-7-16-19-14(20)13(11)15/h4-7H,1-3H3,(H2,18,19,20)/b17-8-. The van der Waals surface area contributed by atoms with E-state index in [4.69, 9.17) is 21.1 Å². The van der Waals surface area contributed by atoms with Crippen LogP contribution in [0, 0.1) is 0 Å². The lowest BCUT2D eigenvalue weighted by molar-refractivity contribution is 0.394. The van der Waals surface area contributed by atoms with Crippen molar-refractivity contribution in [2.45, 2.75) is 6.92 Å². The molecule has 22 heavy (non-hydrogen) atoms. The molecule has 0 saturated heterocycles. The number of aromatic amines is 1. The van der Waals surface area contributed by atoms with Crippen molar-refractivity contribution >= 4 is 23.0 Å². The van der Waals surface area contributed by atoms with E-state index in [9.17, 15) is 4.79 Å². The topological polar surface area (TPSA) is 88.6 Å². The molecule has 0 unspecified atom stereocenters. The van der Waals surface area contributed by atoms with Gasteiger partial charge in [0, 0.05) is 11.6 Å². The maximum absolute atomic E-state index is 11.4. The first kappa shape index (κ1) is 15.8. The van der Waals surface area contributed by atoms with Crippen molar-refractivity contribution in [2.75, 3.05) is 19.6 Å². The predicted octanol–water partition coefficient (Wildman–Crippen LogP) is 2.28. The summed E-state index contributed by atoms with van der Waals surface area (Å²) in [5, 5.41) is 10.1. The van der Waals surface area contributed by atoms with E-state index in [0.29, 0.717) is 22.9 Å². The molecule has 0 atom stereocenters. The molecule has 0 aliphatic rings. The number of halogens is 1. The summed E-state index contributed by atoms with van der Waals surface area (Å²) in [5.74, 6) is 1.31. The number of nitrogens with zero attached hydrogens (tertiary/aromatic N) is 2. The zero-order valence-electron chi connectivity index (χ0n) is 12.3. The molecule has 2 N–H and O–H groups in total. The molecule has 1 heterocycles. The van der Waals surface area contributed by atoms with Crippen LogP contribution < -0.4 is 20.5 Å². The number of hydrogen-bond acceptors (Lipinski definition) is 6. The molecule has 0 radical (unpaired) electrons. The molecule has 7 nitrogen and oxygen atoms in total. The van der Waals surface area contributed by atoms with Crippen LogP contribution in [0.1, 0.15) is 12.5 Å². The Balaban J connectivity index is 2.29. The molecule has 1 aromatic carbocycles. The Labute approximate surface area is 131 Å². The lowest BCUT2D eigenvalue weighted by Gasteiger charge is -2.10. The van der Waals surface area contributed by atoms with Crippen LogP contribution in [-0.4, -0.2) is 30.1 Å². The number of methoxy groups -OCH3 is 2. The summed E-state index contributed by atoms with van der Waals surface area (Å²) in [6.07, 6.45) is 1.38. The second-order valence-electron chi connectivity index (χ2n) is 4.30. The van der Waals surface area contributed by atoms with Crippen molar-refractivity contribution in [2.24, 2.45) is 5.10 Å². The van der Waals surface area contributed by atoms with E-state index in [0.717, 1.165) is 5.56 Å². The number of nitrogens with one attached hydrogen (secondary N) is 2. The first-order chi connectivity index (χ1) is 10.6. The fourth-order valence-electron chi connectivity index (χ4n) is 1.76. The molecule has 0 fully saturated rings. The van der Waals surface area contributed by atoms with Gasteiger partial charge in [0.2, 0.25) is 0 Å². The average molecular weight is 323 g/mol. The van der Waals surface area contributed by atoms with Gasteiger partial charge in [-0.3, -0.25) is 10.2 Å². The molecular weight excluding hydrogens is 308 g/mol. The van der Waals surface area contributed by atoms with E-state index in [1.165, 1.54) is 6.20 Å². The summed E-state index contributed by atoms with van der Waals surface area (Å²) in [4.78, 5) is 11.4. The van der Waals surface area contributed by atoms with Gasteiger partial charge in [-0.2, -0.15) is 10.2 Å². The lowest BCUT2D eigenvalue weighted by Crippen LogP contribution is -2.11. The number of ether oxygens (including phenoxy) is 2. The Bertz CT molecular complexity index is 758. The van der Waals surface area contributed by atoms with Gasteiger partial charge in [0.05, 0.1) is 26.1 Å². The molecule has 0 aliphatic carbocycles. The molecule has 0 bridgehead atoms. The van der Waals surface area contributed by atoms with Crippen LogP contribution in [0.3, 0.4) is 0 Å². The molecule has 0 spiro atoms. The SMILES string of the molecule is COc1ccc(/C(C)=N\Nc2cn[nH]c(=O)c2Cl)c(OC)c1. The second kappa shape index (κ2) is 6.95. The summed E-state index contributed by atoms with van der Waals surface area (Å²) in [6, 6.07) is 5.39. The van der Waals surface area contributed by atoms with Gasteiger partial charge >= 0.3 is 0 Å². The Morgan fingerprint density at radius 3 is 2.82 bits per heavy atom. The highest BCUT2D eigenvalue weighted by Gasteiger charge is 2.09. The molecule has 0 saturated carbocycles. The number of benzene rings is 1. The van der Waals surface area contributed by atoms with Gasteiger partial charge in [0.25, 0.3) is 5.56 Å². The van der Waals surface area contributed by atoms with Crippen molar-refractivity contribution in [1.82, 2.24) is 10.2 Å². The number of H-pyrrole nitrogens is 1. The van der Waals surface area contributed by atoms with Crippen molar-refractivity contribution in [3.8, 4) is 11.5 Å². The monoisotopic (exact) mass is 322 g/mol. The van der Waals surface area contributed by atoms with E-state index in [1.54, 1.807) is 33.3 Å². The maximum Gasteiger partial charge on any atom is 0.285 e. The number of hydrogen-bond donors (Lipinski definition) is 2. The average Bonchev–Trinajstić information content (AvgIpc) is 2.55. The smallest absolute Gasteiger partial charge is 0.285 e. The van der Waals surface area contributed by atoms with Crippen LogP contribution in [-0.2, 0) is 0 Å². The van der Waals surface area contributed by atoms with Crippen molar-refractivity contribution in [3.05, 3.63) is 45.3 Å². The summed E-state index contributed by atoms with van der Waals surface area (Å²) >= 11 is 5.86. The molecule has 8 heteroatoms. The highest BCUT2D eigenvalue weighted by Crippen LogP contribution is 2.25. The van der Waals surface area contributed by atoms with Crippen LogP contribution in [0.15, 0.2) is 34.3 Å². The third kappa shape index (κ3) is 3.37.